The lowest BCUT2D eigenvalue weighted by Crippen LogP contribution is -2.38. The first-order valence-corrected chi connectivity index (χ1v) is 11.6. The summed E-state index contributed by atoms with van der Waals surface area (Å²) in [6.07, 6.45) is 3.78. The largest absolute Gasteiger partial charge is 0.354 e. The quantitative estimate of drug-likeness (QED) is 0.434. The highest BCUT2D eigenvalue weighted by molar-refractivity contribution is 7.80. The van der Waals surface area contributed by atoms with E-state index in [4.69, 9.17) is 0 Å². The Morgan fingerprint density at radius 2 is 1.85 bits per heavy atom. The van der Waals surface area contributed by atoms with Gasteiger partial charge in [-0.05, 0) is 61.9 Å². The number of anilines is 2. The van der Waals surface area contributed by atoms with E-state index in [0.29, 0.717) is 53.0 Å². The maximum Gasteiger partial charge on any atom is 0.257 e. The van der Waals surface area contributed by atoms with Gasteiger partial charge in [0.2, 0.25) is 0 Å². The number of hydrogen-bond donors (Lipinski definition) is 2. The molecule has 0 saturated carbocycles. The smallest absolute Gasteiger partial charge is 0.257 e. The molecule has 4 nitrogen and oxygen atoms in total. The number of benzene rings is 2. The molecule has 0 spiro atoms. The fourth-order valence-electron chi connectivity index (χ4n) is 4.38. The second-order valence-electron chi connectivity index (χ2n) is 8.36. The molecule has 172 valence electrons. The van der Waals surface area contributed by atoms with Crippen molar-refractivity contribution in [3.8, 4) is 0 Å². The zero-order chi connectivity index (χ0) is 23.5. The van der Waals surface area contributed by atoms with Crippen LogP contribution in [-0.2, 0) is 6.42 Å². The van der Waals surface area contributed by atoms with Crippen molar-refractivity contribution in [2.75, 3.05) is 18.4 Å². The first-order chi connectivity index (χ1) is 15.9. The van der Waals surface area contributed by atoms with Crippen molar-refractivity contribution < 1.29 is 13.6 Å². The summed E-state index contributed by atoms with van der Waals surface area (Å²) in [6.45, 7) is 4.88. The molecule has 1 aliphatic heterocycles. The van der Waals surface area contributed by atoms with Crippen LogP contribution in [0.15, 0.2) is 53.7 Å². The van der Waals surface area contributed by atoms with E-state index in [2.05, 4.69) is 22.9 Å². The molecule has 1 saturated heterocycles. The van der Waals surface area contributed by atoms with Gasteiger partial charge in [-0.15, -0.1) is 12.6 Å². The van der Waals surface area contributed by atoms with Gasteiger partial charge >= 0.3 is 0 Å². The van der Waals surface area contributed by atoms with Gasteiger partial charge in [0.15, 0.2) is 0 Å². The molecule has 0 unspecified atom stereocenters. The van der Waals surface area contributed by atoms with Crippen LogP contribution in [0, 0.1) is 18.6 Å². The zero-order valence-electron chi connectivity index (χ0n) is 18.7. The third-order valence-electron chi connectivity index (χ3n) is 6.39. The molecule has 7 heteroatoms. The predicted molar refractivity (Wildman–Crippen MR) is 130 cm³/mol. The second-order valence-corrected chi connectivity index (χ2v) is 8.78. The summed E-state index contributed by atoms with van der Waals surface area (Å²) < 4.78 is 27.4. The molecule has 0 radical (unpaired) electrons. The standard InChI is InChI=1S/C26H27F2N3OS/c1-3-20-24(30-23-6-4-5-22(28)16(23)2)21(15-29-25(20)33)26(32)31-13-11-18(12-14-31)17-7-9-19(27)10-8-17/h4-10,15,18H,3,11-14H2,1-2H3,(H2,29,30,33). The lowest BCUT2D eigenvalue weighted by atomic mass is 9.89. The molecule has 1 aliphatic rings. The van der Waals surface area contributed by atoms with Gasteiger partial charge in [0.1, 0.15) is 11.6 Å². The van der Waals surface area contributed by atoms with Crippen LogP contribution in [0.1, 0.15) is 52.7 Å². The van der Waals surface area contributed by atoms with Crippen molar-refractivity contribution in [3.05, 3.63) is 82.5 Å². The minimum absolute atomic E-state index is 0.111. The molecular formula is C26H27F2N3OS. The molecular weight excluding hydrogens is 440 g/mol. The summed E-state index contributed by atoms with van der Waals surface area (Å²) in [5, 5.41) is 3.83. The molecule has 0 aliphatic carbocycles. The molecule has 3 aromatic rings. The summed E-state index contributed by atoms with van der Waals surface area (Å²) in [4.78, 5) is 19.7. The average Bonchev–Trinajstić information content (AvgIpc) is 2.82. The molecule has 1 amide bonds. The Labute approximate surface area is 198 Å². The highest BCUT2D eigenvalue weighted by Gasteiger charge is 2.27. The first kappa shape index (κ1) is 23.2. The number of nitrogens with zero attached hydrogens (tertiary/aromatic N) is 2. The van der Waals surface area contributed by atoms with Gasteiger partial charge in [0, 0.05) is 36.1 Å². The van der Waals surface area contributed by atoms with E-state index in [0.717, 1.165) is 24.0 Å². The van der Waals surface area contributed by atoms with Crippen molar-refractivity contribution >= 4 is 29.9 Å². The number of likely N-dealkylation sites (tertiary alicyclic amines) is 1. The van der Waals surface area contributed by atoms with E-state index in [1.54, 1.807) is 25.3 Å². The van der Waals surface area contributed by atoms with E-state index >= 15 is 0 Å². The maximum absolute atomic E-state index is 14.1. The predicted octanol–water partition coefficient (Wildman–Crippen LogP) is 6.28. The van der Waals surface area contributed by atoms with E-state index in [-0.39, 0.29) is 17.5 Å². The van der Waals surface area contributed by atoms with Gasteiger partial charge < -0.3 is 10.2 Å². The van der Waals surface area contributed by atoms with Crippen LogP contribution in [0.5, 0.6) is 0 Å². The third-order valence-corrected chi connectivity index (χ3v) is 6.78. The highest BCUT2D eigenvalue weighted by Crippen LogP contribution is 2.34. The molecule has 2 heterocycles. The lowest BCUT2D eigenvalue weighted by Gasteiger charge is -2.33. The number of carbonyl (C=O) groups is 1. The van der Waals surface area contributed by atoms with Gasteiger partial charge in [-0.2, -0.15) is 0 Å². The van der Waals surface area contributed by atoms with Crippen molar-refractivity contribution in [1.82, 2.24) is 9.88 Å². The van der Waals surface area contributed by atoms with Crippen LogP contribution < -0.4 is 5.32 Å². The summed E-state index contributed by atoms with van der Waals surface area (Å²) in [5.41, 5.74) is 4.07. The van der Waals surface area contributed by atoms with Crippen molar-refractivity contribution in [2.45, 2.75) is 44.1 Å². The molecule has 4 rings (SSSR count). The molecule has 33 heavy (non-hydrogen) atoms. The van der Waals surface area contributed by atoms with Gasteiger partial charge in [-0.1, -0.05) is 25.1 Å². The van der Waals surface area contributed by atoms with Gasteiger partial charge in [-0.25, -0.2) is 13.8 Å². The molecule has 2 aromatic carbocycles. The highest BCUT2D eigenvalue weighted by atomic mass is 32.1. The Bertz CT molecular complexity index is 1160. The molecule has 1 N–H and O–H groups in total. The lowest BCUT2D eigenvalue weighted by molar-refractivity contribution is 0.0713. The van der Waals surface area contributed by atoms with E-state index in [9.17, 15) is 13.6 Å². The molecule has 0 atom stereocenters. The summed E-state index contributed by atoms with van der Waals surface area (Å²) in [5.74, 6) is -0.369. The first-order valence-electron chi connectivity index (χ1n) is 11.2. The van der Waals surface area contributed by atoms with Crippen LogP contribution in [0.4, 0.5) is 20.2 Å². The summed E-state index contributed by atoms with van der Waals surface area (Å²) >= 11 is 4.49. The number of amides is 1. The molecule has 1 fully saturated rings. The average molecular weight is 468 g/mol. The minimum Gasteiger partial charge on any atom is -0.354 e. The number of piperidine rings is 1. The number of nitrogens with one attached hydrogen (secondary N) is 1. The summed E-state index contributed by atoms with van der Waals surface area (Å²) in [6, 6.07) is 11.5. The van der Waals surface area contributed by atoms with Crippen molar-refractivity contribution in [1.29, 1.82) is 0 Å². The van der Waals surface area contributed by atoms with Gasteiger partial charge in [0.25, 0.3) is 5.91 Å². The molecule has 1 aromatic heterocycles. The van der Waals surface area contributed by atoms with Crippen LogP contribution in [0.2, 0.25) is 0 Å². The molecule has 0 bridgehead atoms. The fourth-order valence-corrected chi connectivity index (χ4v) is 4.71. The van der Waals surface area contributed by atoms with Gasteiger partial charge in [0.05, 0.1) is 16.3 Å². The Balaban J connectivity index is 1.59. The van der Waals surface area contributed by atoms with E-state index in [1.807, 2.05) is 24.0 Å². The Kier molecular flexibility index (Phi) is 6.98. The Morgan fingerprint density at radius 3 is 2.52 bits per heavy atom. The Morgan fingerprint density at radius 1 is 1.15 bits per heavy atom. The van der Waals surface area contributed by atoms with Crippen LogP contribution >= 0.6 is 12.6 Å². The van der Waals surface area contributed by atoms with E-state index in [1.165, 1.54) is 18.2 Å². The second kappa shape index (κ2) is 9.91. The fraction of sp³-hybridized carbons (Fsp3) is 0.308. The van der Waals surface area contributed by atoms with Gasteiger partial charge in [-0.3, -0.25) is 4.79 Å². The van der Waals surface area contributed by atoms with Crippen molar-refractivity contribution in [3.63, 3.8) is 0 Å². The van der Waals surface area contributed by atoms with Crippen LogP contribution in [0.25, 0.3) is 0 Å². The number of thiol groups is 1. The van der Waals surface area contributed by atoms with Crippen LogP contribution in [-0.4, -0.2) is 28.9 Å². The van der Waals surface area contributed by atoms with Crippen LogP contribution in [0.3, 0.4) is 0 Å². The SMILES string of the molecule is CCc1c(S)ncc(C(=O)N2CCC(c3ccc(F)cc3)CC2)c1Nc1cccc(F)c1C. The number of rotatable bonds is 5. The number of pyridine rings is 1. The number of carbonyl (C=O) groups excluding carboxylic acids is 1. The number of halogens is 2. The monoisotopic (exact) mass is 467 g/mol. The van der Waals surface area contributed by atoms with E-state index < -0.39 is 0 Å². The zero-order valence-corrected chi connectivity index (χ0v) is 19.6. The topological polar surface area (TPSA) is 45.2 Å². The number of aromatic nitrogens is 1. The minimum atomic E-state index is -0.311. The summed E-state index contributed by atoms with van der Waals surface area (Å²) in [7, 11) is 0. The Hall–Kier alpha value is -2.93. The normalized spacial score (nSPS) is 14.4. The number of hydrogen-bond acceptors (Lipinski definition) is 4. The third kappa shape index (κ3) is 4.88. The van der Waals surface area contributed by atoms with Crippen molar-refractivity contribution in [2.24, 2.45) is 0 Å². The maximum atomic E-state index is 14.1.